The Bertz CT molecular complexity index is 1070. The second kappa shape index (κ2) is 7.48. The summed E-state index contributed by atoms with van der Waals surface area (Å²) in [5.41, 5.74) is 3.69. The number of aromatic amines is 1. The van der Waals surface area contributed by atoms with Gasteiger partial charge in [0.25, 0.3) is 5.91 Å². The monoisotopic (exact) mass is 375 g/mol. The van der Waals surface area contributed by atoms with Gasteiger partial charge < -0.3 is 4.90 Å². The van der Waals surface area contributed by atoms with Crippen LogP contribution < -0.4 is 0 Å². The first-order valence-electron chi connectivity index (χ1n) is 8.76. The van der Waals surface area contributed by atoms with E-state index in [-0.39, 0.29) is 11.7 Å². The topological polar surface area (TPSA) is 66.8 Å². The number of nitrogens with zero attached hydrogens (tertiary/aromatic N) is 4. The van der Waals surface area contributed by atoms with Crippen LogP contribution in [-0.2, 0) is 6.54 Å². The maximum atomic E-state index is 13.1. The van der Waals surface area contributed by atoms with Crippen LogP contribution in [0.4, 0.5) is 4.39 Å². The molecule has 1 amide bonds. The van der Waals surface area contributed by atoms with E-state index in [4.69, 9.17) is 0 Å². The van der Waals surface area contributed by atoms with Crippen molar-refractivity contribution in [3.63, 3.8) is 0 Å². The molecule has 140 valence electrons. The number of carbonyl (C=O) groups excluding carboxylic acids is 1. The molecule has 0 unspecified atom stereocenters. The molecule has 0 aliphatic rings. The fourth-order valence-corrected chi connectivity index (χ4v) is 2.93. The normalized spacial score (nSPS) is 10.8. The molecule has 2 aromatic heterocycles. The number of H-pyrrole nitrogens is 1. The Kier molecular flexibility index (Phi) is 4.72. The van der Waals surface area contributed by atoms with Gasteiger partial charge in [-0.25, -0.2) is 9.07 Å². The highest BCUT2D eigenvalue weighted by molar-refractivity contribution is 5.93. The SMILES string of the molecule is CN(Cc1ccc(-n2cccn2)cc1)C(=O)c1cc(-c2ccc(F)cc2)n[nH]1. The first-order chi connectivity index (χ1) is 13.6. The standard InChI is InChI=1S/C21H18FN5O/c1-26(14-15-3-9-18(10-4-15)27-12-2-11-23-27)21(28)20-13-19(24-25-20)16-5-7-17(22)8-6-16/h2-13H,14H2,1H3,(H,24,25). The van der Waals surface area contributed by atoms with Gasteiger partial charge in [0.1, 0.15) is 11.5 Å². The third-order valence-corrected chi connectivity index (χ3v) is 4.42. The lowest BCUT2D eigenvalue weighted by Gasteiger charge is -2.16. The van der Waals surface area contributed by atoms with Gasteiger partial charge in [0, 0.05) is 31.5 Å². The van der Waals surface area contributed by atoms with Crippen LogP contribution in [0.3, 0.4) is 0 Å². The van der Waals surface area contributed by atoms with Gasteiger partial charge in [-0.15, -0.1) is 0 Å². The van der Waals surface area contributed by atoms with Crippen LogP contribution in [0, 0.1) is 5.82 Å². The summed E-state index contributed by atoms with van der Waals surface area (Å²) in [5, 5.41) is 11.1. The number of carbonyl (C=O) groups is 1. The molecule has 0 saturated heterocycles. The van der Waals surface area contributed by atoms with Crippen LogP contribution in [-0.4, -0.2) is 37.8 Å². The molecule has 0 aliphatic carbocycles. The van der Waals surface area contributed by atoms with Gasteiger partial charge in [-0.1, -0.05) is 12.1 Å². The summed E-state index contributed by atoms with van der Waals surface area (Å²) in [6.07, 6.45) is 3.60. The van der Waals surface area contributed by atoms with Gasteiger partial charge in [0.05, 0.1) is 11.4 Å². The van der Waals surface area contributed by atoms with E-state index < -0.39 is 0 Å². The molecule has 0 fully saturated rings. The number of benzene rings is 2. The van der Waals surface area contributed by atoms with Crippen LogP contribution in [0.15, 0.2) is 73.1 Å². The molecule has 2 aromatic carbocycles. The molecule has 7 heteroatoms. The number of amides is 1. The predicted octanol–water partition coefficient (Wildman–Crippen LogP) is 3.67. The average Bonchev–Trinajstić information content (AvgIpc) is 3.41. The Morgan fingerprint density at radius 3 is 2.57 bits per heavy atom. The van der Waals surface area contributed by atoms with Crippen molar-refractivity contribution in [2.24, 2.45) is 0 Å². The third kappa shape index (κ3) is 3.68. The van der Waals surface area contributed by atoms with E-state index in [2.05, 4.69) is 15.3 Å². The fraction of sp³-hybridized carbons (Fsp3) is 0.0952. The smallest absolute Gasteiger partial charge is 0.271 e. The van der Waals surface area contributed by atoms with Crippen molar-refractivity contribution in [3.8, 4) is 16.9 Å². The maximum absolute atomic E-state index is 13.1. The summed E-state index contributed by atoms with van der Waals surface area (Å²) in [4.78, 5) is 14.3. The molecule has 2 heterocycles. The van der Waals surface area contributed by atoms with Crippen LogP contribution in [0.1, 0.15) is 16.1 Å². The molecule has 6 nitrogen and oxygen atoms in total. The van der Waals surface area contributed by atoms with Crippen LogP contribution in [0.25, 0.3) is 16.9 Å². The van der Waals surface area contributed by atoms with Gasteiger partial charge >= 0.3 is 0 Å². The molecule has 1 N–H and O–H groups in total. The van der Waals surface area contributed by atoms with Crippen molar-refractivity contribution in [2.45, 2.75) is 6.54 Å². The first kappa shape index (κ1) is 17.7. The number of nitrogens with one attached hydrogen (secondary N) is 1. The van der Waals surface area contributed by atoms with Crippen molar-refractivity contribution < 1.29 is 9.18 Å². The van der Waals surface area contributed by atoms with E-state index in [1.165, 1.54) is 12.1 Å². The Balaban J connectivity index is 1.44. The molecule has 4 aromatic rings. The largest absolute Gasteiger partial charge is 0.336 e. The van der Waals surface area contributed by atoms with E-state index in [9.17, 15) is 9.18 Å². The molecule has 0 spiro atoms. The number of halogens is 1. The van der Waals surface area contributed by atoms with Crippen molar-refractivity contribution in [1.29, 1.82) is 0 Å². The number of aromatic nitrogens is 4. The highest BCUT2D eigenvalue weighted by Crippen LogP contribution is 2.19. The molecule has 0 saturated carbocycles. The molecule has 0 aliphatic heterocycles. The Hall–Kier alpha value is -3.74. The van der Waals surface area contributed by atoms with Gasteiger partial charge in [0.15, 0.2) is 0 Å². The van der Waals surface area contributed by atoms with Crippen LogP contribution >= 0.6 is 0 Å². The maximum Gasteiger partial charge on any atom is 0.271 e. The van der Waals surface area contributed by atoms with E-state index in [0.717, 1.165) is 16.8 Å². The molecule has 0 atom stereocenters. The first-order valence-corrected chi connectivity index (χ1v) is 8.76. The zero-order valence-corrected chi connectivity index (χ0v) is 15.2. The Labute approximate surface area is 161 Å². The molecular weight excluding hydrogens is 357 g/mol. The molecular formula is C21H18FN5O. The average molecular weight is 375 g/mol. The second-order valence-electron chi connectivity index (χ2n) is 6.45. The Morgan fingerprint density at radius 2 is 1.89 bits per heavy atom. The second-order valence-corrected chi connectivity index (χ2v) is 6.45. The summed E-state index contributed by atoms with van der Waals surface area (Å²) < 4.78 is 14.8. The minimum Gasteiger partial charge on any atom is -0.336 e. The van der Waals surface area contributed by atoms with Crippen molar-refractivity contribution in [2.75, 3.05) is 7.05 Å². The molecule has 28 heavy (non-hydrogen) atoms. The number of hydrogen-bond acceptors (Lipinski definition) is 3. The minimum atomic E-state index is -0.311. The molecule has 0 bridgehead atoms. The highest BCUT2D eigenvalue weighted by Gasteiger charge is 2.16. The third-order valence-electron chi connectivity index (χ3n) is 4.42. The zero-order chi connectivity index (χ0) is 19.5. The quantitative estimate of drug-likeness (QED) is 0.579. The fourth-order valence-electron chi connectivity index (χ4n) is 2.93. The zero-order valence-electron chi connectivity index (χ0n) is 15.2. The Morgan fingerprint density at radius 1 is 1.14 bits per heavy atom. The van der Waals surface area contributed by atoms with E-state index in [1.807, 2.05) is 36.5 Å². The lowest BCUT2D eigenvalue weighted by atomic mass is 10.1. The number of rotatable bonds is 5. The van der Waals surface area contributed by atoms with Crippen molar-refractivity contribution >= 4 is 5.91 Å². The lowest BCUT2D eigenvalue weighted by Crippen LogP contribution is -2.26. The summed E-state index contributed by atoms with van der Waals surface area (Å²) in [5.74, 6) is -0.481. The van der Waals surface area contributed by atoms with E-state index >= 15 is 0 Å². The predicted molar refractivity (Wildman–Crippen MR) is 103 cm³/mol. The summed E-state index contributed by atoms with van der Waals surface area (Å²) in [7, 11) is 1.74. The van der Waals surface area contributed by atoms with Gasteiger partial charge in [-0.2, -0.15) is 10.2 Å². The summed E-state index contributed by atoms with van der Waals surface area (Å²) in [6, 6.07) is 17.4. The van der Waals surface area contributed by atoms with E-state index in [0.29, 0.717) is 17.9 Å². The van der Waals surface area contributed by atoms with Gasteiger partial charge in [-0.3, -0.25) is 9.89 Å². The minimum absolute atomic E-state index is 0.169. The molecule has 4 rings (SSSR count). The lowest BCUT2D eigenvalue weighted by molar-refractivity contribution is 0.0779. The number of hydrogen-bond donors (Lipinski definition) is 1. The van der Waals surface area contributed by atoms with E-state index in [1.54, 1.807) is 41.0 Å². The highest BCUT2D eigenvalue weighted by atomic mass is 19.1. The van der Waals surface area contributed by atoms with Crippen LogP contribution in [0.2, 0.25) is 0 Å². The summed E-state index contributed by atoms with van der Waals surface area (Å²) in [6.45, 7) is 0.461. The van der Waals surface area contributed by atoms with Crippen LogP contribution in [0.5, 0.6) is 0 Å². The van der Waals surface area contributed by atoms with Gasteiger partial charge in [0.2, 0.25) is 0 Å². The summed E-state index contributed by atoms with van der Waals surface area (Å²) >= 11 is 0. The van der Waals surface area contributed by atoms with Crippen molar-refractivity contribution in [1.82, 2.24) is 24.9 Å². The molecule has 0 radical (unpaired) electrons. The van der Waals surface area contributed by atoms with Crippen molar-refractivity contribution in [3.05, 3.63) is 90.1 Å². The van der Waals surface area contributed by atoms with Gasteiger partial charge in [-0.05, 0) is 54.1 Å².